The summed E-state index contributed by atoms with van der Waals surface area (Å²) in [6.45, 7) is 0. The fraction of sp³-hybridized carbons (Fsp3) is 0. The molecule has 4 nitrogen and oxygen atoms in total. The fourth-order valence-corrected chi connectivity index (χ4v) is 7.44. The van der Waals surface area contributed by atoms with E-state index in [9.17, 15) is 0 Å². The molecule has 0 saturated heterocycles. The monoisotopic (exact) mass is 740 g/mol. The molecule has 0 amide bonds. The minimum absolute atomic E-state index is 0.620. The molecular weight excluding hydrogens is 705 g/mol. The molecule has 0 aliphatic carbocycles. The van der Waals surface area contributed by atoms with Crippen LogP contribution in [0.3, 0.4) is 0 Å². The van der Waals surface area contributed by atoms with Gasteiger partial charge in [0.15, 0.2) is 17.5 Å². The molecule has 0 bridgehead atoms. The van der Waals surface area contributed by atoms with Crippen molar-refractivity contribution in [2.24, 2.45) is 0 Å². The molecule has 4 heteroatoms. The van der Waals surface area contributed by atoms with E-state index in [4.69, 9.17) is 19.9 Å². The summed E-state index contributed by atoms with van der Waals surface area (Å²) >= 11 is 0. The van der Waals surface area contributed by atoms with Gasteiger partial charge in [0.25, 0.3) is 0 Å². The van der Waals surface area contributed by atoms with Crippen LogP contribution in [0, 0.1) is 0 Å². The Balaban J connectivity index is 1.00. The van der Waals surface area contributed by atoms with Crippen molar-refractivity contribution in [3.63, 3.8) is 0 Å². The molecule has 0 aliphatic heterocycles. The van der Waals surface area contributed by atoms with E-state index in [1.807, 2.05) is 30.3 Å². The Labute approximate surface area is 337 Å². The maximum Gasteiger partial charge on any atom is 0.164 e. The first-order valence-corrected chi connectivity index (χ1v) is 19.5. The number of rotatable bonds is 8. The van der Waals surface area contributed by atoms with Gasteiger partial charge in [0.2, 0.25) is 0 Å². The summed E-state index contributed by atoms with van der Waals surface area (Å²) in [5, 5.41) is 1.11. The Kier molecular flexibility index (Phi) is 9.18. The minimum Gasteiger partial charge on any atom is -0.248 e. The lowest BCUT2D eigenvalue weighted by Gasteiger charge is -2.11. The summed E-state index contributed by atoms with van der Waals surface area (Å²) in [6.07, 6.45) is 0. The van der Waals surface area contributed by atoms with Gasteiger partial charge in [-0.2, -0.15) is 0 Å². The highest BCUT2D eigenvalue weighted by molar-refractivity contribution is 5.87. The van der Waals surface area contributed by atoms with Gasteiger partial charge in [0, 0.05) is 27.6 Å². The first kappa shape index (κ1) is 34.7. The van der Waals surface area contributed by atoms with Gasteiger partial charge in [-0.15, -0.1) is 0 Å². The van der Waals surface area contributed by atoms with Gasteiger partial charge in [-0.1, -0.05) is 188 Å². The number of benzene rings is 8. The lowest BCUT2D eigenvalue weighted by atomic mass is 9.97. The Morgan fingerprint density at radius 2 is 0.569 bits per heavy atom. The summed E-state index contributed by atoms with van der Waals surface area (Å²) in [4.78, 5) is 20.2. The second kappa shape index (κ2) is 15.4. The molecular formula is C54H36N4. The predicted octanol–water partition coefficient (Wildman–Crippen LogP) is 13.8. The number of aromatic nitrogens is 4. The van der Waals surface area contributed by atoms with Crippen LogP contribution in [0.25, 0.3) is 101 Å². The lowest BCUT2D eigenvalue weighted by Crippen LogP contribution is -2.00. The van der Waals surface area contributed by atoms with Gasteiger partial charge in [0.05, 0.1) is 11.2 Å². The molecule has 0 aliphatic rings. The molecule has 10 aromatic rings. The van der Waals surface area contributed by atoms with Gasteiger partial charge >= 0.3 is 0 Å². The molecule has 2 aromatic heterocycles. The van der Waals surface area contributed by atoms with Gasteiger partial charge in [-0.3, -0.25) is 0 Å². The molecule has 8 aromatic carbocycles. The van der Waals surface area contributed by atoms with Gasteiger partial charge in [0.1, 0.15) is 0 Å². The summed E-state index contributed by atoms with van der Waals surface area (Å²) in [7, 11) is 0. The van der Waals surface area contributed by atoms with Crippen LogP contribution in [0.4, 0.5) is 0 Å². The summed E-state index contributed by atoms with van der Waals surface area (Å²) in [5.41, 5.74) is 14.9. The van der Waals surface area contributed by atoms with E-state index in [1.54, 1.807) is 0 Å². The highest BCUT2D eigenvalue weighted by Gasteiger charge is 2.14. The smallest absolute Gasteiger partial charge is 0.164 e. The topological polar surface area (TPSA) is 51.6 Å². The lowest BCUT2D eigenvalue weighted by molar-refractivity contribution is 1.07. The Bertz CT molecular complexity index is 2920. The first-order valence-electron chi connectivity index (χ1n) is 19.5. The zero-order chi connectivity index (χ0) is 38.7. The maximum atomic E-state index is 5.09. The van der Waals surface area contributed by atoms with Crippen molar-refractivity contribution >= 4 is 10.9 Å². The molecule has 10 rings (SSSR count). The molecule has 0 radical (unpaired) electrons. The van der Waals surface area contributed by atoms with Crippen LogP contribution in [-0.2, 0) is 0 Å². The molecule has 0 N–H and O–H groups in total. The van der Waals surface area contributed by atoms with Crippen molar-refractivity contribution in [3.05, 3.63) is 218 Å². The predicted molar refractivity (Wildman–Crippen MR) is 239 cm³/mol. The SMILES string of the molecule is c1ccc(-c2ccc(-c3nc(-c4ccc(-c5ccccc5)cc4)nc(-c4cccc(-c5cccc(-c6ccc7nc(-c8ccccc8)ccc7c6)c5)c4)n3)cc2)cc1. The van der Waals surface area contributed by atoms with E-state index in [0.717, 1.165) is 72.2 Å². The Hall–Kier alpha value is -7.82. The van der Waals surface area contributed by atoms with Crippen LogP contribution in [0.15, 0.2) is 218 Å². The molecule has 2 heterocycles. The van der Waals surface area contributed by atoms with E-state index in [1.165, 1.54) is 11.1 Å². The molecule has 0 fully saturated rings. The Morgan fingerprint density at radius 1 is 0.207 bits per heavy atom. The third-order valence-electron chi connectivity index (χ3n) is 10.5. The normalized spacial score (nSPS) is 11.1. The van der Waals surface area contributed by atoms with Crippen LogP contribution < -0.4 is 0 Å². The second-order valence-electron chi connectivity index (χ2n) is 14.3. The fourth-order valence-electron chi connectivity index (χ4n) is 7.44. The van der Waals surface area contributed by atoms with E-state index in [2.05, 4.69) is 188 Å². The number of hydrogen-bond donors (Lipinski definition) is 0. The van der Waals surface area contributed by atoms with Crippen molar-refractivity contribution in [2.45, 2.75) is 0 Å². The standard InChI is InChI=1S/C54H36N4/c1-4-12-37(13-5-1)39-22-26-42(27-23-39)52-56-53(43-28-24-40(25-29-43)38-14-6-2-7-15-38)58-54(57-52)49-21-11-20-46(36-49)44-18-10-19-45(34-44)47-30-32-51-48(35-47)31-33-50(55-51)41-16-8-3-9-17-41/h1-36H. The average molecular weight is 741 g/mol. The van der Waals surface area contributed by atoms with Crippen LogP contribution >= 0.6 is 0 Å². The highest BCUT2D eigenvalue weighted by atomic mass is 15.0. The zero-order valence-electron chi connectivity index (χ0n) is 31.6. The minimum atomic E-state index is 0.620. The Morgan fingerprint density at radius 3 is 1.09 bits per heavy atom. The largest absolute Gasteiger partial charge is 0.248 e. The highest BCUT2D eigenvalue weighted by Crippen LogP contribution is 2.33. The summed E-state index contributed by atoms with van der Waals surface area (Å²) < 4.78 is 0. The molecule has 0 saturated carbocycles. The van der Waals surface area contributed by atoms with Crippen molar-refractivity contribution in [1.29, 1.82) is 0 Å². The third-order valence-corrected chi connectivity index (χ3v) is 10.5. The molecule has 58 heavy (non-hydrogen) atoms. The third kappa shape index (κ3) is 7.18. The van der Waals surface area contributed by atoms with Gasteiger partial charge in [-0.05, 0) is 74.8 Å². The summed E-state index contributed by atoms with van der Waals surface area (Å²) in [5.74, 6) is 1.87. The van der Waals surface area contributed by atoms with Crippen LogP contribution in [0.5, 0.6) is 0 Å². The van der Waals surface area contributed by atoms with Crippen molar-refractivity contribution in [2.75, 3.05) is 0 Å². The van der Waals surface area contributed by atoms with E-state index in [0.29, 0.717) is 17.5 Å². The molecule has 0 spiro atoms. The zero-order valence-corrected chi connectivity index (χ0v) is 31.6. The molecule has 0 atom stereocenters. The van der Waals surface area contributed by atoms with Crippen molar-refractivity contribution in [1.82, 2.24) is 19.9 Å². The number of nitrogens with zero attached hydrogens (tertiary/aromatic N) is 4. The van der Waals surface area contributed by atoms with Crippen molar-refractivity contribution < 1.29 is 0 Å². The molecule has 0 unspecified atom stereocenters. The average Bonchev–Trinajstić information content (AvgIpc) is 3.32. The summed E-state index contributed by atoms with van der Waals surface area (Å²) in [6, 6.07) is 75.9. The number of pyridine rings is 1. The number of fused-ring (bicyclic) bond motifs is 1. The quantitative estimate of drug-likeness (QED) is 0.156. The van der Waals surface area contributed by atoms with Crippen molar-refractivity contribution in [3.8, 4) is 89.9 Å². The van der Waals surface area contributed by atoms with E-state index < -0.39 is 0 Å². The van der Waals surface area contributed by atoms with Crippen LogP contribution in [0.2, 0.25) is 0 Å². The second-order valence-corrected chi connectivity index (χ2v) is 14.3. The van der Waals surface area contributed by atoms with Gasteiger partial charge in [-0.25, -0.2) is 19.9 Å². The number of hydrogen-bond acceptors (Lipinski definition) is 4. The van der Waals surface area contributed by atoms with Crippen LogP contribution in [-0.4, -0.2) is 19.9 Å². The van der Waals surface area contributed by atoms with Gasteiger partial charge < -0.3 is 0 Å². The molecule has 272 valence electrons. The van der Waals surface area contributed by atoms with E-state index in [-0.39, 0.29) is 0 Å². The van der Waals surface area contributed by atoms with Crippen LogP contribution in [0.1, 0.15) is 0 Å². The first-order chi connectivity index (χ1) is 28.7. The van der Waals surface area contributed by atoms with E-state index >= 15 is 0 Å². The maximum absolute atomic E-state index is 5.09.